The third kappa shape index (κ3) is 3.77. The quantitative estimate of drug-likeness (QED) is 0.753. The Hall–Kier alpha value is -2.69. The van der Waals surface area contributed by atoms with E-state index >= 15 is 0 Å². The molecule has 4 rings (SSSR count). The fourth-order valence-electron chi connectivity index (χ4n) is 3.68. The molecule has 134 valence electrons. The standard InChI is InChI=1S/C21H23FN4/c22-20-14-19(9-8-17(20)7-6-16-4-2-1-3-5-16)26-12-10-18(11-13-26)21-23-15-24-25-21/h1-5,8-9,14-15,18H,6-7,10-13H2,(H,23,24,25). The molecule has 5 heteroatoms. The van der Waals surface area contributed by atoms with Gasteiger partial charge in [-0.3, -0.25) is 5.10 Å². The summed E-state index contributed by atoms with van der Waals surface area (Å²) in [6, 6.07) is 15.9. The molecule has 1 fully saturated rings. The predicted molar refractivity (Wildman–Crippen MR) is 101 cm³/mol. The van der Waals surface area contributed by atoms with Crippen molar-refractivity contribution >= 4 is 5.69 Å². The van der Waals surface area contributed by atoms with Crippen LogP contribution in [0.3, 0.4) is 0 Å². The number of aromatic amines is 1. The van der Waals surface area contributed by atoms with Crippen LogP contribution in [0.15, 0.2) is 54.9 Å². The third-order valence-electron chi connectivity index (χ3n) is 5.24. The lowest BCUT2D eigenvalue weighted by Crippen LogP contribution is -2.33. The molecule has 0 aliphatic carbocycles. The van der Waals surface area contributed by atoms with Crippen LogP contribution in [0.25, 0.3) is 0 Å². The summed E-state index contributed by atoms with van der Waals surface area (Å²) in [5.41, 5.74) is 3.00. The number of nitrogens with zero attached hydrogens (tertiary/aromatic N) is 3. The van der Waals surface area contributed by atoms with E-state index in [4.69, 9.17) is 0 Å². The summed E-state index contributed by atoms with van der Waals surface area (Å²) in [6.45, 7) is 1.82. The van der Waals surface area contributed by atoms with Gasteiger partial charge < -0.3 is 4.90 Å². The second-order valence-corrected chi connectivity index (χ2v) is 6.89. The summed E-state index contributed by atoms with van der Waals surface area (Å²) in [5, 5.41) is 6.90. The van der Waals surface area contributed by atoms with Crippen molar-refractivity contribution in [3.63, 3.8) is 0 Å². The minimum Gasteiger partial charge on any atom is -0.371 e. The zero-order chi connectivity index (χ0) is 17.8. The lowest BCUT2D eigenvalue weighted by molar-refractivity contribution is 0.486. The monoisotopic (exact) mass is 350 g/mol. The molecule has 0 saturated carbocycles. The van der Waals surface area contributed by atoms with Crippen molar-refractivity contribution in [1.82, 2.24) is 15.2 Å². The van der Waals surface area contributed by atoms with Gasteiger partial charge in [0, 0.05) is 24.7 Å². The average molecular weight is 350 g/mol. The molecular formula is C21H23FN4. The average Bonchev–Trinajstić information content (AvgIpc) is 3.23. The van der Waals surface area contributed by atoms with E-state index in [1.165, 1.54) is 5.56 Å². The molecule has 3 aromatic rings. The zero-order valence-corrected chi connectivity index (χ0v) is 14.7. The maximum Gasteiger partial charge on any atom is 0.137 e. The summed E-state index contributed by atoms with van der Waals surface area (Å²) in [7, 11) is 0. The Labute approximate surface area is 153 Å². The van der Waals surface area contributed by atoms with Gasteiger partial charge in [-0.2, -0.15) is 5.10 Å². The van der Waals surface area contributed by atoms with Gasteiger partial charge in [-0.25, -0.2) is 9.37 Å². The molecule has 1 saturated heterocycles. The van der Waals surface area contributed by atoms with Crippen molar-refractivity contribution in [1.29, 1.82) is 0 Å². The van der Waals surface area contributed by atoms with Crippen molar-refractivity contribution < 1.29 is 4.39 Å². The van der Waals surface area contributed by atoms with Gasteiger partial charge in [0.05, 0.1) is 0 Å². The molecule has 0 radical (unpaired) electrons. The Morgan fingerprint density at radius 2 is 1.85 bits per heavy atom. The number of halogens is 1. The molecule has 26 heavy (non-hydrogen) atoms. The first kappa shape index (κ1) is 16.8. The first-order chi connectivity index (χ1) is 12.8. The molecule has 1 N–H and O–H groups in total. The number of hydrogen-bond acceptors (Lipinski definition) is 3. The van der Waals surface area contributed by atoms with Gasteiger partial charge in [0.2, 0.25) is 0 Å². The van der Waals surface area contributed by atoms with E-state index in [2.05, 4.69) is 38.3 Å². The number of aryl methyl sites for hydroxylation is 2. The largest absolute Gasteiger partial charge is 0.371 e. The summed E-state index contributed by atoms with van der Waals surface area (Å²) in [4.78, 5) is 6.52. The highest BCUT2D eigenvalue weighted by Gasteiger charge is 2.23. The molecule has 1 aliphatic rings. The van der Waals surface area contributed by atoms with Crippen molar-refractivity contribution in [2.75, 3.05) is 18.0 Å². The van der Waals surface area contributed by atoms with Crippen molar-refractivity contribution in [2.45, 2.75) is 31.6 Å². The molecule has 0 unspecified atom stereocenters. The Morgan fingerprint density at radius 1 is 1.04 bits per heavy atom. The minimum atomic E-state index is -0.101. The van der Waals surface area contributed by atoms with Gasteiger partial charge in [0.15, 0.2) is 0 Å². The lowest BCUT2D eigenvalue weighted by Gasteiger charge is -2.32. The highest BCUT2D eigenvalue weighted by Crippen LogP contribution is 2.29. The van der Waals surface area contributed by atoms with Crippen molar-refractivity contribution in [3.05, 3.63) is 77.6 Å². The molecule has 0 spiro atoms. The molecule has 2 aromatic carbocycles. The number of piperidine rings is 1. The van der Waals surface area contributed by atoms with Crippen molar-refractivity contribution in [2.24, 2.45) is 0 Å². The normalized spacial score (nSPS) is 15.3. The molecule has 4 nitrogen and oxygen atoms in total. The van der Waals surface area contributed by atoms with Crippen LogP contribution in [-0.4, -0.2) is 28.3 Å². The zero-order valence-electron chi connectivity index (χ0n) is 14.7. The van der Waals surface area contributed by atoms with Crippen LogP contribution in [0.5, 0.6) is 0 Å². The number of nitrogens with one attached hydrogen (secondary N) is 1. The van der Waals surface area contributed by atoms with E-state index in [0.717, 1.165) is 55.8 Å². The second-order valence-electron chi connectivity index (χ2n) is 6.89. The van der Waals surface area contributed by atoms with Gasteiger partial charge in [0.1, 0.15) is 18.0 Å². The molecule has 0 bridgehead atoms. The van der Waals surface area contributed by atoms with E-state index in [-0.39, 0.29) is 5.82 Å². The van der Waals surface area contributed by atoms with Gasteiger partial charge in [0.25, 0.3) is 0 Å². The lowest BCUT2D eigenvalue weighted by atomic mass is 9.95. The molecular weight excluding hydrogens is 327 g/mol. The Bertz CT molecular complexity index is 824. The molecule has 0 atom stereocenters. The van der Waals surface area contributed by atoms with E-state index in [1.807, 2.05) is 24.3 Å². The summed E-state index contributed by atoms with van der Waals surface area (Å²) >= 11 is 0. The number of hydrogen-bond donors (Lipinski definition) is 1. The third-order valence-corrected chi connectivity index (χ3v) is 5.24. The second kappa shape index (κ2) is 7.68. The summed E-state index contributed by atoms with van der Waals surface area (Å²) in [6.07, 6.45) is 5.16. The number of anilines is 1. The Morgan fingerprint density at radius 3 is 2.54 bits per heavy atom. The first-order valence-corrected chi connectivity index (χ1v) is 9.22. The Balaban J connectivity index is 1.37. The van der Waals surface area contributed by atoms with E-state index in [0.29, 0.717) is 5.92 Å². The fraction of sp³-hybridized carbons (Fsp3) is 0.333. The summed E-state index contributed by atoms with van der Waals surface area (Å²) in [5.74, 6) is 1.28. The molecule has 2 heterocycles. The smallest absolute Gasteiger partial charge is 0.137 e. The van der Waals surface area contributed by atoms with Crippen LogP contribution in [0.2, 0.25) is 0 Å². The highest BCUT2D eigenvalue weighted by molar-refractivity contribution is 5.49. The number of aromatic nitrogens is 3. The van der Waals surface area contributed by atoms with Crippen LogP contribution in [0.1, 0.15) is 35.7 Å². The van der Waals surface area contributed by atoms with Gasteiger partial charge in [-0.1, -0.05) is 36.4 Å². The van der Waals surface area contributed by atoms with Gasteiger partial charge in [-0.15, -0.1) is 0 Å². The number of benzene rings is 2. The maximum absolute atomic E-state index is 14.6. The number of rotatable bonds is 5. The van der Waals surface area contributed by atoms with Crippen LogP contribution < -0.4 is 4.90 Å². The SMILES string of the molecule is Fc1cc(N2CCC(c3ncn[nH]3)CC2)ccc1CCc1ccccc1. The predicted octanol–water partition coefficient (Wildman–Crippen LogP) is 4.11. The van der Waals surface area contributed by atoms with Gasteiger partial charge in [-0.05, 0) is 48.9 Å². The first-order valence-electron chi connectivity index (χ1n) is 9.22. The van der Waals surface area contributed by atoms with Crippen LogP contribution in [-0.2, 0) is 12.8 Å². The van der Waals surface area contributed by atoms with E-state index in [9.17, 15) is 4.39 Å². The highest BCUT2D eigenvalue weighted by atomic mass is 19.1. The molecule has 1 aliphatic heterocycles. The minimum absolute atomic E-state index is 0.101. The van der Waals surface area contributed by atoms with Gasteiger partial charge >= 0.3 is 0 Å². The number of H-pyrrole nitrogens is 1. The van der Waals surface area contributed by atoms with E-state index < -0.39 is 0 Å². The Kier molecular flexibility index (Phi) is 4.95. The topological polar surface area (TPSA) is 44.8 Å². The van der Waals surface area contributed by atoms with Crippen LogP contribution in [0, 0.1) is 5.82 Å². The summed E-state index contributed by atoms with van der Waals surface area (Å²) < 4.78 is 14.6. The van der Waals surface area contributed by atoms with Crippen molar-refractivity contribution in [3.8, 4) is 0 Å². The van der Waals surface area contributed by atoms with E-state index in [1.54, 1.807) is 12.4 Å². The molecule has 0 amide bonds. The fourth-order valence-corrected chi connectivity index (χ4v) is 3.68. The maximum atomic E-state index is 14.6. The van der Waals surface area contributed by atoms with Crippen LogP contribution in [0.4, 0.5) is 10.1 Å². The molecule has 1 aromatic heterocycles. The van der Waals surface area contributed by atoms with Crippen LogP contribution >= 0.6 is 0 Å².